The number of hydrogen-bond acceptors (Lipinski definition) is 3. The minimum atomic E-state index is 0.532. The van der Waals surface area contributed by atoms with E-state index in [1.54, 1.807) is 0 Å². The van der Waals surface area contributed by atoms with E-state index in [0.29, 0.717) is 12.1 Å². The van der Waals surface area contributed by atoms with Crippen LogP contribution in [0.1, 0.15) is 44.7 Å². The number of anilines is 1. The second-order valence-electron chi connectivity index (χ2n) is 5.65. The standard InChI is InChI=1S/C15H25N3/c1-12(2)18-11-6-5-9-14(18)13-8-7-10-16-15(13)17(3)4/h7-8,10,12,14H,5-6,9,11H2,1-4H3/t14-/m0/s1. The third-order valence-corrected chi connectivity index (χ3v) is 3.81. The first kappa shape index (κ1) is 13.3. The summed E-state index contributed by atoms with van der Waals surface area (Å²) in [6, 6.07) is 5.44. The van der Waals surface area contributed by atoms with Crippen LogP contribution in [0.4, 0.5) is 5.82 Å². The molecule has 0 radical (unpaired) electrons. The molecule has 0 aliphatic carbocycles. The normalized spacial score (nSPS) is 21.3. The second-order valence-corrected chi connectivity index (χ2v) is 5.65. The molecule has 1 saturated heterocycles. The molecular weight excluding hydrogens is 222 g/mol. The lowest BCUT2D eigenvalue weighted by molar-refractivity contribution is 0.112. The summed E-state index contributed by atoms with van der Waals surface area (Å²) < 4.78 is 0. The molecule has 2 heterocycles. The van der Waals surface area contributed by atoms with E-state index in [9.17, 15) is 0 Å². The van der Waals surface area contributed by atoms with Crippen molar-refractivity contribution in [1.29, 1.82) is 0 Å². The zero-order chi connectivity index (χ0) is 13.1. The molecule has 2 rings (SSSR count). The van der Waals surface area contributed by atoms with Crippen LogP contribution in [0.25, 0.3) is 0 Å². The van der Waals surface area contributed by atoms with Crippen molar-refractivity contribution in [2.75, 3.05) is 25.5 Å². The van der Waals surface area contributed by atoms with Crippen molar-refractivity contribution in [2.24, 2.45) is 0 Å². The number of nitrogens with zero attached hydrogens (tertiary/aromatic N) is 3. The molecule has 0 amide bonds. The summed E-state index contributed by atoms with van der Waals surface area (Å²) >= 11 is 0. The van der Waals surface area contributed by atoms with Gasteiger partial charge in [-0.25, -0.2) is 4.98 Å². The van der Waals surface area contributed by atoms with Gasteiger partial charge in [0.25, 0.3) is 0 Å². The summed E-state index contributed by atoms with van der Waals surface area (Å²) in [4.78, 5) is 9.29. The maximum Gasteiger partial charge on any atom is 0.132 e. The van der Waals surface area contributed by atoms with Crippen LogP contribution in [-0.4, -0.2) is 36.6 Å². The lowest BCUT2D eigenvalue weighted by Crippen LogP contribution is -2.39. The Morgan fingerprint density at radius 2 is 2.11 bits per heavy atom. The van der Waals surface area contributed by atoms with Crippen LogP contribution < -0.4 is 4.90 Å². The van der Waals surface area contributed by atoms with E-state index in [1.165, 1.54) is 31.4 Å². The van der Waals surface area contributed by atoms with Crippen molar-refractivity contribution in [3.63, 3.8) is 0 Å². The molecule has 1 aromatic heterocycles. The molecule has 1 aliphatic heterocycles. The fourth-order valence-electron chi connectivity index (χ4n) is 2.95. The number of piperidine rings is 1. The van der Waals surface area contributed by atoms with Crippen molar-refractivity contribution in [1.82, 2.24) is 9.88 Å². The topological polar surface area (TPSA) is 19.4 Å². The number of rotatable bonds is 3. The van der Waals surface area contributed by atoms with E-state index in [2.05, 4.69) is 54.9 Å². The number of pyridine rings is 1. The average Bonchev–Trinajstić information content (AvgIpc) is 2.38. The van der Waals surface area contributed by atoms with Gasteiger partial charge in [0.2, 0.25) is 0 Å². The largest absolute Gasteiger partial charge is 0.362 e. The summed E-state index contributed by atoms with van der Waals surface area (Å²) in [5.74, 6) is 1.12. The fourth-order valence-corrected chi connectivity index (χ4v) is 2.95. The van der Waals surface area contributed by atoms with Crippen LogP contribution in [0.5, 0.6) is 0 Å². The van der Waals surface area contributed by atoms with Gasteiger partial charge >= 0.3 is 0 Å². The second kappa shape index (κ2) is 5.70. The van der Waals surface area contributed by atoms with Crippen LogP contribution in [0.15, 0.2) is 18.3 Å². The van der Waals surface area contributed by atoms with Gasteiger partial charge in [0.05, 0.1) is 0 Å². The number of aromatic nitrogens is 1. The molecule has 0 N–H and O–H groups in total. The smallest absolute Gasteiger partial charge is 0.132 e. The van der Waals surface area contributed by atoms with Crippen LogP contribution in [0.2, 0.25) is 0 Å². The molecule has 0 saturated carbocycles. The van der Waals surface area contributed by atoms with Crippen molar-refractivity contribution < 1.29 is 0 Å². The Morgan fingerprint density at radius 3 is 2.78 bits per heavy atom. The summed E-state index contributed by atoms with van der Waals surface area (Å²) in [5, 5.41) is 0. The van der Waals surface area contributed by atoms with Crippen molar-refractivity contribution in [3.05, 3.63) is 23.9 Å². The molecule has 1 aromatic rings. The van der Waals surface area contributed by atoms with E-state index in [0.717, 1.165) is 5.82 Å². The minimum absolute atomic E-state index is 0.532. The molecule has 3 nitrogen and oxygen atoms in total. The van der Waals surface area contributed by atoms with Gasteiger partial charge in [-0.1, -0.05) is 12.5 Å². The van der Waals surface area contributed by atoms with Crippen LogP contribution in [0, 0.1) is 0 Å². The molecular formula is C15H25N3. The van der Waals surface area contributed by atoms with E-state index in [4.69, 9.17) is 0 Å². The molecule has 100 valence electrons. The Morgan fingerprint density at radius 1 is 1.33 bits per heavy atom. The molecule has 0 spiro atoms. The van der Waals surface area contributed by atoms with E-state index >= 15 is 0 Å². The number of hydrogen-bond donors (Lipinski definition) is 0. The minimum Gasteiger partial charge on any atom is -0.362 e. The van der Waals surface area contributed by atoms with Gasteiger partial charge in [0.1, 0.15) is 5.82 Å². The summed E-state index contributed by atoms with van der Waals surface area (Å²) in [6.45, 7) is 5.80. The highest BCUT2D eigenvalue weighted by atomic mass is 15.2. The van der Waals surface area contributed by atoms with E-state index in [-0.39, 0.29) is 0 Å². The van der Waals surface area contributed by atoms with Crippen LogP contribution in [-0.2, 0) is 0 Å². The van der Waals surface area contributed by atoms with Gasteiger partial charge in [0.15, 0.2) is 0 Å². The first-order valence-electron chi connectivity index (χ1n) is 6.99. The maximum atomic E-state index is 4.55. The first-order valence-corrected chi connectivity index (χ1v) is 6.99. The highest BCUT2D eigenvalue weighted by molar-refractivity contribution is 5.47. The van der Waals surface area contributed by atoms with Gasteiger partial charge in [-0.15, -0.1) is 0 Å². The highest BCUT2D eigenvalue weighted by Crippen LogP contribution is 2.35. The molecule has 0 unspecified atom stereocenters. The highest BCUT2D eigenvalue weighted by Gasteiger charge is 2.28. The van der Waals surface area contributed by atoms with Crippen molar-refractivity contribution in [3.8, 4) is 0 Å². The van der Waals surface area contributed by atoms with Gasteiger partial charge in [-0.05, 0) is 39.3 Å². The molecule has 0 aromatic carbocycles. The predicted molar refractivity (Wildman–Crippen MR) is 77.0 cm³/mol. The van der Waals surface area contributed by atoms with E-state index < -0.39 is 0 Å². The van der Waals surface area contributed by atoms with E-state index in [1.807, 2.05) is 6.20 Å². The Bertz CT molecular complexity index is 387. The summed E-state index contributed by atoms with van der Waals surface area (Å²) in [7, 11) is 4.16. The third-order valence-electron chi connectivity index (χ3n) is 3.81. The summed E-state index contributed by atoms with van der Waals surface area (Å²) in [5.41, 5.74) is 1.39. The average molecular weight is 247 g/mol. The SMILES string of the molecule is CC(C)N1CCCC[C@H]1c1cccnc1N(C)C. The van der Waals surface area contributed by atoms with Gasteiger partial charge < -0.3 is 4.90 Å². The van der Waals surface area contributed by atoms with Crippen molar-refractivity contribution >= 4 is 5.82 Å². The zero-order valence-electron chi connectivity index (χ0n) is 12.1. The molecule has 0 bridgehead atoms. The van der Waals surface area contributed by atoms with Crippen LogP contribution >= 0.6 is 0 Å². The molecule has 1 atom stereocenters. The first-order chi connectivity index (χ1) is 8.61. The quantitative estimate of drug-likeness (QED) is 0.818. The predicted octanol–water partition coefficient (Wildman–Crippen LogP) is 3.08. The molecule has 1 fully saturated rings. The Balaban J connectivity index is 2.33. The Labute approximate surface area is 111 Å². The van der Waals surface area contributed by atoms with Crippen LogP contribution in [0.3, 0.4) is 0 Å². The van der Waals surface area contributed by atoms with Gasteiger partial charge in [0, 0.05) is 37.9 Å². The molecule has 1 aliphatic rings. The lowest BCUT2D eigenvalue weighted by atomic mass is 9.94. The summed E-state index contributed by atoms with van der Waals surface area (Å²) in [6.07, 6.45) is 5.80. The van der Waals surface area contributed by atoms with Gasteiger partial charge in [-0.2, -0.15) is 0 Å². The Hall–Kier alpha value is -1.09. The fraction of sp³-hybridized carbons (Fsp3) is 0.667. The Kier molecular flexibility index (Phi) is 4.23. The molecule has 3 heteroatoms. The van der Waals surface area contributed by atoms with Crippen molar-refractivity contribution in [2.45, 2.75) is 45.2 Å². The maximum absolute atomic E-state index is 4.55. The lowest BCUT2D eigenvalue weighted by Gasteiger charge is -2.39. The molecule has 18 heavy (non-hydrogen) atoms. The number of likely N-dealkylation sites (tertiary alicyclic amines) is 1. The third kappa shape index (κ3) is 2.66. The van der Waals surface area contributed by atoms with Gasteiger partial charge in [-0.3, -0.25) is 4.90 Å². The zero-order valence-corrected chi connectivity index (χ0v) is 12.1. The monoisotopic (exact) mass is 247 g/mol.